The van der Waals surface area contributed by atoms with E-state index < -0.39 is 0 Å². The van der Waals surface area contributed by atoms with Gasteiger partial charge in [-0.3, -0.25) is 0 Å². The van der Waals surface area contributed by atoms with Gasteiger partial charge in [0.05, 0.1) is 18.3 Å². The molecule has 148 valence electrons. The van der Waals surface area contributed by atoms with E-state index >= 15 is 0 Å². The molecule has 27 heavy (non-hydrogen) atoms. The highest BCUT2D eigenvalue weighted by atomic mass is 16.6. The van der Waals surface area contributed by atoms with Gasteiger partial charge in [0.15, 0.2) is 0 Å². The minimum Gasteiger partial charge on any atom is -0.463 e. The van der Waals surface area contributed by atoms with E-state index in [1.165, 1.54) is 5.57 Å². The summed E-state index contributed by atoms with van der Waals surface area (Å²) in [4.78, 5) is 24.4. The molecular weight excluding hydrogens is 344 g/mol. The smallest absolute Gasteiger partial charge is 0.334 e. The Morgan fingerprint density at radius 2 is 2.07 bits per heavy atom. The zero-order chi connectivity index (χ0) is 19.6. The summed E-state index contributed by atoms with van der Waals surface area (Å²) < 4.78 is 16.7. The summed E-state index contributed by atoms with van der Waals surface area (Å²) in [6.07, 6.45) is 8.71. The largest absolute Gasteiger partial charge is 0.463 e. The van der Waals surface area contributed by atoms with E-state index in [9.17, 15) is 9.59 Å². The van der Waals surface area contributed by atoms with Crippen LogP contribution in [-0.4, -0.2) is 36.4 Å². The third kappa shape index (κ3) is 4.52. The van der Waals surface area contributed by atoms with Crippen LogP contribution in [0.25, 0.3) is 0 Å². The number of rotatable bonds is 2. The van der Waals surface area contributed by atoms with Crippen LogP contribution >= 0.6 is 0 Å². The van der Waals surface area contributed by atoms with Gasteiger partial charge in [-0.1, -0.05) is 11.6 Å². The molecule has 2 aliphatic heterocycles. The molecule has 1 aliphatic carbocycles. The van der Waals surface area contributed by atoms with E-state index in [2.05, 4.69) is 13.8 Å². The molecular formula is C22H30O5. The quantitative estimate of drug-likeness (QED) is 0.412. The highest BCUT2D eigenvalue weighted by Crippen LogP contribution is 2.44. The SMILES string of the molecule is CCOC(=O)C1=CCCC2(C)OC2CCC(C)=CC2OC(=O)C(C)=C2CC1. The molecule has 5 heteroatoms. The first-order valence-electron chi connectivity index (χ1n) is 9.96. The van der Waals surface area contributed by atoms with Crippen LogP contribution in [0.4, 0.5) is 0 Å². The standard InChI is InChI=1S/C22H30O5/c1-5-25-21(24)16-7-6-12-22(4)19(27-22)11-8-14(2)13-18-17(10-9-16)15(3)20(23)26-18/h7,13,18-19H,5-6,8-12H2,1-4H3. The molecule has 0 amide bonds. The average Bonchev–Trinajstić information content (AvgIpc) is 3.19. The third-order valence-electron chi connectivity index (χ3n) is 5.87. The Balaban J connectivity index is 1.85. The predicted molar refractivity (Wildman–Crippen MR) is 102 cm³/mol. The Labute approximate surface area is 161 Å². The number of hydrogen-bond donors (Lipinski definition) is 0. The number of carbonyl (C=O) groups excluding carboxylic acids is 2. The normalized spacial score (nSPS) is 31.8. The van der Waals surface area contributed by atoms with E-state index in [0.29, 0.717) is 30.6 Å². The van der Waals surface area contributed by atoms with Crippen LogP contribution < -0.4 is 0 Å². The second kappa shape index (κ2) is 8.01. The van der Waals surface area contributed by atoms with Gasteiger partial charge < -0.3 is 14.2 Å². The van der Waals surface area contributed by atoms with E-state index in [4.69, 9.17) is 14.2 Å². The first-order valence-corrected chi connectivity index (χ1v) is 9.96. The van der Waals surface area contributed by atoms with Crippen molar-refractivity contribution in [2.24, 2.45) is 0 Å². The fourth-order valence-electron chi connectivity index (χ4n) is 3.97. The van der Waals surface area contributed by atoms with Gasteiger partial charge in [0, 0.05) is 11.1 Å². The zero-order valence-electron chi connectivity index (χ0n) is 16.8. The van der Waals surface area contributed by atoms with Crippen molar-refractivity contribution in [3.8, 4) is 0 Å². The summed E-state index contributed by atoms with van der Waals surface area (Å²) in [6.45, 7) is 8.19. The number of fused-ring (bicyclic) bond motifs is 2. The van der Waals surface area contributed by atoms with Crippen LogP contribution in [0, 0.1) is 0 Å². The maximum Gasteiger partial charge on any atom is 0.334 e. The van der Waals surface area contributed by atoms with Crippen molar-refractivity contribution in [2.75, 3.05) is 6.61 Å². The lowest BCUT2D eigenvalue weighted by atomic mass is 9.92. The summed E-state index contributed by atoms with van der Waals surface area (Å²) in [7, 11) is 0. The molecule has 0 N–H and O–H groups in total. The third-order valence-corrected chi connectivity index (χ3v) is 5.87. The number of epoxide rings is 1. The van der Waals surface area contributed by atoms with Gasteiger partial charge in [0.2, 0.25) is 0 Å². The highest BCUT2D eigenvalue weighted by molar-refractivity contribution is 5.92. The summed E-state index contributed by atoms with van der Waals surface area (Å²) in [5.41, 5.74) is 3.42. The number of hydrogen-bond acceptors (Lipinski definition) is 5. The maximum atomic E-state index is 12.4. The van der Waals surface area contributed by atoms with Crippen LogP contribution in [0.1, 0.15) is 66.2 Å². The van der Waals surface area contributed by atoms with Gasteiger partial charge >= 0.3 is 11.9 Å². The minimum atomic E-state index is -0.324. The molecule has 1 saturated heterocycles. The van der Waals surface area contributed by atoms with Crippen molar-refractivity contribution in [3.05, 3.63) is 34.4 Å². The predicted octanol–water partition coefficient (Wildman–Crippen LogP) is 4.18. The molecule has 3 rings (SSSR count). The van der Waals surface area contributed by atoms with Crippen molar-refractivity contribution in [2.45, 2.75) is 84.0 Å². The van der Waals surface area contributed by atoms with E-state index in [0.717, 1.165) is 31.3 Å². The topological polar surface area (TPSA) is 65.1 Å². The lowest BCUT2D eigenvalue weighted by molar-refractivity contribution is -0.139. The summed E-state index contributed by atoms with van der Waals surface area (Å²) in [5, 5.41) is 0. The second-order valence-electron chi connectivity index (χ2n) is 7.94. The van der Waals surface area contributed by atoms with Gasteiger partial charge in [-0.05, 0) is 77.9 Å². The van der Waals surface area contributed by atoms with E-state index in [1.54, 1.807) is 6.92 Å². The second-order valence-corrected chi connectivity index (χ2v) is 7.94. The summed E-state index contributed by atoms with van der Waals surface area (Å²) in [6, 6.07) is 0. The Kier molecular flexibility index (Phi) is 5.89. The van der Waals surface area contributed by atoms with Crippen LogP contribution in [-0.2, 0) is 23.8 Å². The fraction of sp³-hybridized carbons (Fsp3) is 0.636. The highest BCUT2D eigenvalue weighted by Gasteiger charge is 2.50. The molecule has 5 nitrogen and oxygen atoms in total. The van der Waals surface area contributed by atoms with Gasteiger partial charge in [-0.25, -0.2) is 9.59 Å². The molecule has 0 radical (unpaired) electrons. The molecule has 3 unspecified atom stereocenters. The van der Waals surface area contributed by atoms with Gasteiger partial charge in [0.25, 0.3) is 0 Å². The molecule has 0 spiro atoms. The average molecular weight is 374 g/mol. The molecule has 2 heterocycles. The molecule has 0 aromatic rings. The van der Waals surface area contributed by atoms with Crippen LogP contribution in [0.3, 0.4) is 0 Å². The van der Waals surface area contributed by atoms with Crippen LogP contribution in [0.5, 0.6) is 0 Å². The lowest BCUT2D eigenvalue weighted by Gasteiger charge is -2.14. The molecule has 0 bridgehead atoms. The number of carbonyl (C=O) groups is 2. The number of allylic oxidation sites excluding steroid dienone is 2. The first-order chi connectivity index (χ1) is 12.8. The summed E-state index contributed by atoms with van der Waals surface area (Å²) in [5.74, 6) is -0.530. The number of ether oxygens (including phenoxy) is 3. The Bertz CT molecular complexity index is 714. The van der Waals surface area contributed by atoms with Gasteiger partial charge in [-0.2, -0.15) is 0 Å². The molecule has 1 fully saturated rings. The molecule has 0 aromatic carbocycles. The zero-order valence-corrected chi connectivity index (χ0v) is 16.8. The molecule has 3 atom stereocenters. The molecule has 3 aliphatic rings. The van der Waals surface area contributed by atoms with Gasteiger partial charge in [0.1, 0.15) is 6.10 Å². The summed E-state index contributed by atoms with van der Waals surface area (Å²) >= 11 is 0. The Morgan fingerprint density at radius 3 is 2.81 bits per heavy atom. The minimum absolute atomic E-state index is 0.0951. The monoisotopic (exact) mass is 374 g/mol. The Morgan fingerprint density at radius 1 is 1.30 bits per heavy atom. The van der Waals surface area contributed by atoms with Gasteiger partial charge in [-0.15, -0.1) is 0 Å². The van der Waals surface area contributed by atoms with E-state index in [1.807, 2.05) is 19.1 Å². The first kappa shape index (κ1) is 19.9. The van der Waals surface area contributed by atoms with Crippen molar-refractivity contribution in [1.29, 1.82) is 0 Å². The number of esters is 2. The van der Waals surface area contributed by atoms with E-state index in [-0.39, 0.29) is 29.7 Å². The van der Waals surface area contributed by atoms with Crippen LogP contribution in [0.2, 0.25) is 0 Å². The van der Waals surface area contributed by atoms with Crippen molar-refractivity contribution >= 4 is 11.9 Å². The van der Waals surface area contributed by atoms with Crippen molar-refractivity contribution in [1.82, 2.24) is 0 Å². The molecule has 0 aromatic heterocycles. The Hall–Kier alpha value is -1.88. The van der Waals surface area contributed by atoms with Crippen LogP contribution in [0.15, 0.2) is 34.4 Å². The van der Waals surface area contributed by atoms with Crippen molar-refractivity contribution < 1.29 is 23.8 Å². The molecule has 0 saturated carbocycles. The fourth-order valence-corrected chi connectivity index (χ4v) is 3.97. The lowest BCUT2D eigenvalue weighted by Crippen LogP contribution is -2.14. The maximum absolute atomic E-state index is 12.4. The van der Waals surface area contributed by atoms with Crippen molar-refractivity contribution in [3.63, 3.8) is 0 Å².